The molecule has 1 aliphatic heterocycles. The molecular weight excluding hydrogens is 316 g/mol. The lowest BCUT2D eigenvalue weighted by atomic mass is 10.1. The molecule has 23 heavy (non-hydrogen) atoms. The minimum absolute atomic E-state index is 0.0971. The van der Waals surface area contributed by atoms with Gasteiger partial charge in [-0.3, -0.25) is 19.7 Å². The Morgan fingerprint density at radius 1 is 1.39 bits per heavy atom. The first-order chi connectivity index (χ1) is 10.9. The second-order valence-corrected chi connectivity index (χ2v) is 6.45. The van der Waals surface area contributed by atoms with E-state index in [0.29, 0.717) is 0 Å². The van der Waals surface area contributed by atoms with Crippen LogP contribution >= 0.6 is 11.8 Å². The molecule has 124 valence electrons. The number of rotatable bonds is 6. The largest absolute Gasteiger partial charge is 0.370 e. The highest BCUT2D eigenvalue weighted by atomic mass is 32.2. The smallest absolute Gasteiger partial charge is 0.234 e. The van der Waals surface area contributed by atoms with Gasteiger partial charge in [0.1, 0.15) is 5.50 Å². The van der Waals surface area contributed by atoms with Gasteiger partial charge >= 0.3 is 0 Å². The molecule has 0 saturated carbocycles. The summed E-state index contributed by atoms with van der Waals surface area (Å²) in [6.07, 6.45) is 0.301. The third-order valence-electron chi connectivity index (χ3n) is 3.36. The first-order valence-electron chi connectivity index (χ1n) is 7.25. The topological polar surface area (TPSA) is 113 Å². The van der Waals surface area contributed by atoms with Crippen LogP contribution in [0, 0.1) is 6.92 Å². The third-order valence-corrected chi connectivity index (χ3v) is 4.37. The molecule has 0 aliphatic carbocycles. The van der Waals surface area contributed by atoms with E-state index in [1.165, 1.54) is 11.8 Å². The molecule has 5 N–H and O–H groups in total. The van der Waals surface area contributed by atoms with Crippen LogP contribution in [0.4, 0.5) is 5.69 Å². The second-order valence-electron chi connectivity index (χ2n) is 5.36. The molecule has 1 fully saturated rings. The first-order valence-corrected chi connectivity index (χ1v) is 8.29. The fourth-order valence-electron chi connectivity index (χ4n) is 2.27. The van der Waals surface area contributed by atoms with Gasteiger partial charge < -0.3 is 16.4 Å². The summed E-state index contributed by atoms with van der Waals surface area (Å²) >= 11 is 1.26. The summed E-state index contributed by atoms with van der Waals surface area (Å²) in [5.41, 5.74) is 6.49. The lowest BCUT2D eigenvalue weighted by molar-refractivity contribution is -0.124. The predicted molar refractivity (Wildman–Crippen MR) is 89.5 cm³/mol. The SMILES string of the molecule is Cc1ccccc1NC(=O)CSC1NC(=O)CC(CC(N)=O)N1. The van der Waals surface area contributed by atoms with Crippen molar-refractivity contribution in [2.75, 3.05) is 11.1 Å². The highest BCUT2D eigenvalue weighted by molar-refractivity contribution is 8.00. The fourth-order valence-corrected chi connectivity index (χ4v) is 3.16. The van der Waals surface area contributed by atoms with E-state index in [-0.39, 0.29) is 36.5 Å². The van der Waals surface area contributed by atoms with Crippen LogP contribution in [0.5, 0.6) is 0 Å². The number of aryl methyl sites for hydroxylation is 1. The lowest BCUT2D eigenvalue weighted by Crippen LogP contribution is -2.55. The number of hydrogen-bond acceptors (Lipinski definition) is 5. The Morgan fingerprint density at radius 3 is 2.83 bits per heavy atom. The molecule has 1 aromatic carbocycles. The lowest BCUT2D eigenvalue weighted by Gasteiger charge is -2.30. The van der Waals surface area contributed by atoms with Crippen LogP contribution in [-0.4, -0.2) is 35.0 Å². The number of anilines is 1. The van der Waals surface area contributed by atoms with E-state index in [1.54, 1.807) is 0 Å². The van der Waals surface area contributed by atoms with Gasteiger partial charge in [0.05, 0.1) is 5.75 Å². The van der Waals surface area contributed by atoms with Gasteiger partial charge in [0.2, 0.25) is 17.7 Å². The Morgan fingerprint density at radius 2 is 2.13 bits per heavy atom. The van der Waals surface area contributed by atoms with Gasteiger partial charge in [-0.1, -0.05) is 18.2 Å². The Bertz CT molecular complexity index is 606. The minimum Gasteiger partial charge on any atom is -0.370 e. The Kier molecular flexibility index (Phi) is 6.00. The minimum atomic E-state index is -0.460. The highest BCUT2D eigenvalue weighted by Gasteiger charge is 2.27. The van der Waals surface area contributed by atoms with Crippen molar-refractivity contribution >= 4 is 35.2 Å². The maximum atomic E-state index is 12.0. The maximum Gasteiger partial charge on any atom is 0.234 e. The summed E-state index contributed by atoms with van der Waals surface area (Å²) in [6.45, 7) is 1.92. The Hall–Kier alpha value is -2.06. The van der Waals surface area contributed by atoms with Crippen LogP contribution in [0.2, 0.25) is 0 Å². The van der Waals surface area contributed by atoms with E-state index < -0.39 is 11.4 Å². The normalized spacial score (nSPS) is 20.7. The summed E-state index contributed by atoms with van der Waals surface area (Å²) in [4.78, 5) is 34.6. The molecule has 1 aliphatic rings. The van der Waals surface area contributed by atoms with E-state index >= 15 is 0 Å². The molecule has 0 bridgehead atoms. The number of nitrogens with two attached hydrogens (primary N) is 1. The number of carbonyl (C=O) groups is 3. The van der Waals surface area contributed by atoms with E-state index in [0.717, 1.165) is 11.3 Å². The number of amides is 3. The van der Waals surface area contributed by atoms with Crippen LogP contribution in [0.1, 0.15) is 18.4 Å². The molecule has 1 saturated heterocycles. The monoisotopic (exact) mass is 336 g/mol. The zero-order valence-corrected chi connectivity index (χ0v) is 13.6. The first kappa shape index (κ1) is 17.3. The summed E-state index contributed by atoms with van der Waals surface area (Å²) < 4.78 is 0. The highest BCUT2D eigenvalue weighted by Crippen LogP contribution is 2.16. The molecule has 0 aromatic heterocycles. The van der Waals surface area contributed by atoms with Crippen molar-refractivity contribution in [1.29, 1.82) is 0 Å². The summed E-state index contributed by atoms with van der Waals surface area (Å²) in [5.74, 6) is -0.599. The van der Waals surface area contributed by atoms with Crippen molar-refractivity contribution in [2.24, 2.45) is 5.73 Å². The van der Waals surface area contributed by atoms with Gasteiger partial charge in [-0.15, -0.1) is 11.8 Å². The predicted octanol–water partition coefficient (Wildman–Crippen LogP) is 0.304. The fraction of sp³-hybridized carbons (Fsp3) is 0.400. The number of nitrogens with one attached hydrogen (secondary N) is 3. The molecule has 0 spiro atoms. The van der Waals surface area contributed by atoms with Crippen molar-refractivity contribution in [3.63, 3.8) is 0 Å². The van der Waals surface area contributed by atoms with Crippen molar-refractivity contribution < 1.29 is 14.4 Å². The Labute approximate surface area is 138 Å². The molecule has 8 heteroatoms. The average molecular weight is 336 g/mol. The van der Waals surface area contributed by atoms with Gasteiger partial charge in [0.15, 0.2) is 0 Å². The molecule has 1 aromatic rings. The standard InChI is InChI=1S/C15H20N4O3S/c1-9-4-2-3-5-11(9)18-14(22)8-23-15-17-10(6-12(16)20)7-13(21)19-15/h2-5,10,15,17H,6-8H2,1H3,(H2,16,20)(H,18,22)(H,19,21). The molecule has 2 atom stereocenters. The summed E-state index contributed by atoms with van der Waals surface area (Å²) in [7, 11) is 0. The Balaban J connectivity index is 1.82. The quantitative estimate of drug-likeness (QED) is 0.597. The zero-order chi connectivity index (χ0) is 16.8. The van der Waals surface area contributed by atoms with Gasteiger partial charge in [0, 0.05) is 24.6 Å². The summed E-state index contributed by atoms with van der Waals surface area (Å²) in [5, 5.41) is 8.66. The molecule has 0 radical (unpaired) electrons. The molecule has 2 rings (SSSR count). The van der Waals surface area contributed by atoms with E-state index in [9.17, 15) is 14.4 Å². The van der Waals surface area contributed by atoms with Gasteiger partial charge in [0.25, 0.3) is 0 Å². The van der Waals surface area contributed by atoms with Crippen LogP contribution < -0.4 is 21.7 Å². The molecular formula is C15H20N4O3S. The molecule has 2 unspecified atom stereocenters. The van der Waals surface area contributed by atoms with E-state index in [4.69, 9.17) is 5.73 Å². The van der Waals surface area contributed by atoms with Crippen molar-refractivity contribution in [3.05, 3.63) is 29.8 Å². The molecule has 7 nitrogen and oxygen atoms in total. The average Bonchev–Trinajstić information content (AvgIpc) is 2.46. The number of thioether (sulfide) groups is 1. The molecule has 3 amide bonds. The molecule has 1 heterocycles. The summed E-state index contributed by atoms with van der Waals surface area (Å²) in [6, 6.07) is 7.22. The number of hydrogen-bond donors (Lipinski definition) is 4. The van der Waals surface area contributed by atoms with Crippen molar-refractivity contribution in [2.45, 2.75) is 31.3 Å². The van der Waals surface area contributed by atoms with Crippen molar-refractivity contribution in [1.82, 2.24) is 10.6 Å². The van der Waals surface area contributed by atoms with Crippen LogP contribution in [0.3, 0.4) is 0 Å². The maximum absolute atomic E-state index is 12.0. The van der Waals surface area contributed by atoms with Gasteiger partial charge in [-0.2, -0.15) is 0 Å². The second kappa shape index (κ2) is 7.98. The van der Waals surface area contributed by atoms with Crippen LogP contribution in [0.15, 0.2) is 24.3 Å². The number of carbonyl (C=O) groups excluding carboxylic acids is 3. The van der Waals surface area contributed by atoms with Gasteiger partial charge in [-0.05, 0) is 18.6 Å². The van der Waals surface area contributed by atoms with Gasteiger partial charge in [-0.25, -0.2) is 0 Å². The van der Waals surface area contributed by atoms with Crippen molar-refractivity contribution in [3.8, 4) is 0 Å². The number of primary amides is 1. The van der Waals surface area contributed by atoms with E-state index in [2.05, 4.69) is 16.0 Å². The number of benzene rings is 1. The van der Waals surface area contributed by atoms with Crippen LogP contribution in [-0.2, 0) is 14.4 Å². The van der Waals surface area contributed by atoms with Crippen LogP contribution in [0.25, 0.3) is 0 Å². The number of para-hydroxylation sites is 1. The van der Waals surface area contributed by atoms with E-state index in [1.807, 2.05) is 31.2 Å². The zero-order valence-electron chi connectivity index (χ0n) is 12.8. The third kappa shape index (κ3) is 5.57.